The van der Waals surface area contributed by atoms with Crippen molar-refractivity contribution in [3.05, 3.63) is 41.7 Å². The maximum Gasteiger partial charge on any atom is 0.184 e. The molecular formula is C13H11N7. The van der Waals surface area contributed by atoms with Crippen LogP contribution in [0.15, 0.2) is 30.6 Å². The van der Waals surface area contributed by atoms with E-state index in [1.165, 1.54) is 6.33 Å². The fourth-order valence-corrected chi connectivity index (χ4v) is 1.94. The molecule has 7 heteroatoms. The first-order valence-electron chi connectivity index (χ1n) is 6.03. The van der Waals surface area contributed by atoms with Crippen molar-refractivity contribution in [3.8, 4) is 6.07 Å². The second kappa shape index (κ2) is 4.93. The van der Waals surface area contributed by atoms with Gasteiger partial charge in [-0.25, -0.2) is 14.6 Å². The molecule has 0 fully saturated rings. The summed E-state index contributed by atoms with van der Waals surface area (Å²) in [6, 6.07) is 9.44. The lowest BCUT2D eigenvalue weighted by Gasteiger charge is -2.02. The Hall–Kier alpha value is -3.01. The van der Waals surface area contributed by atoms with Crippen molar-refractivity contribution >= 4 is 17.0 Å². The molecule has 7 nitrogen and oxygen atoms in total. The van der Waals surface area contributed by atoms with Gasteiger partial charge in [0.15, 0.2) is 17.0 Å². The first kappa shape index (κ1) is 12.0. The number of nitrogens with zero attached hydrogens (tertiary/aromatic N) is 6. The highest BCUT2D eigenvalue weighted by Crippen LogP contribution is 2.16. The van der Waals surface area contributed by atoms with E-state index >= 15 is 0 Å². The van der Waals surface area contributed by atoms with Gasteiger partial charge >= 0.3 is 0 Å². The van der Waals surface area contributed by atoms with E-state index in [2.05, 4.69) is 31.7 Å². The first-order valence-corrected chi connectivity index (χ1v) is 6.03. The van der Waals surface area contributed by atoms with Crippen molar-refractivity contribution in [3.63, 3.8) is 0 Å². The van der Waals surface area contributed by atoms with Gasteiger partial charge in [-0.2, -0.15) is 5.26 Å². The summed E-state index contributed by atoms with van der Waals surface area (Å²) in [6.45, 7) is 0.544. The zero-order valence-corrected chi connectivity index (χ0v) is 10.8. The van der Waals surface area contributed by atoms with Crippen LogP contribution in [0.5, 0.6) is 0 Å². The van der Waals surface area contributed by atoms with Crippen molar-refractivity contribution < 1.29 is 0 Å². The van der Waals surface area contributed by atoms with Gasteiger partial charge in [0.2, 0.25) is 0 Å². The molecule has 1 aromatic carbocycles. The summed E-state index contributed by atoms with van der Waals surface area (Å²) in [4.78, 5) is 8.31. The molecule has 1 N–H and O–H groups in total. The molecule has 0 atom stereocenters. The molecule has 0 radical (unpaired) electrons. The maximum atomic E-state index is 8.78. The molecule has 98 valence electrons. The van der Waals surface area contributed by atoms with E-state index in [0.29, 0.717) is 29.1 Å². The zero-order valence-electron chi connectivity index (χ0n) is 10.8. The molecule has 0 unspecified atom stereocenters. The minimum atomic E-state index is 0.544. The molecule has 0 spiro atoms. The first-order chi connectivity index (χ1) is 9.81. The van der Waals surface area contributed by atoms with Crippen LogP contribution in [0.1, 0.15) is 11.1 Å². The third-order valence-corrected chi connectivity index (χ3v) is 2.95. The summed E-state index contributed by atoms with van der Waals surface area (Å²) < 4.78 is 1.71. The van der Waals surface area contributed by atoms with Gasteiger partial charge < -0.3 is 5.32 Å². The minimum Gasteiger partial charge on any atom is -0.371 e. The Kier molecular flexibility index (Phi) is 2.97. The Labute approximate surface area is 114 Å². The van der Waals surface area contributed by atoms with Crippen molar-refractivity contribution in [1.29, 1.82) is 5.26 Å². The number of nitriles is 1. The van der Waals surface area contributed by atoms with Gasteiger partial charge in [0.05, 0.1) is 18.2 Å². The van der Waals surface area contributed by atoms with Gasteiger partial charge in [0.1, 0.15) is 6.33 Å². The average molecular weight is 265 g/mol. The van der Waals surface area contributed by atoms with Gasteiger partial charge in [-0.15, -0.1) is 5.10 Å². The van der Waals surface area contributed by atoms with Gasteiger partial charge in [0, 0.05) is 7.05 Å². The maximum absolute atomic E-state index is 8.78. The minimum absolute atomic E-state index is 0.544. The predicted octanol–water partition coefficient (Wildman–Crippen LogP) is 1.18. The Balaban J connectivity index is 1.96. The molecule has 0 aliphatic heterocycles. The molecule has 0 amide bonds. The quantitative estimate of drug-likeness (QED) is 0.764. The van der Waals surface area contributed by atoms with Crippen LogP contribution in [0.4, 0.5) is 5.82 Å². The summed E-state index contributed by atoms with van der Waals surface area (Å²) in [5.41, 5.74) is 2.98. The monoisotopic (exact) mass is 265 g/mol. The fraction of sp³-hybridized carbons (Fsp3) is 0.154. The average Bonchev–Trinajstić information content (AvgIpc) is 2.91. The van der Waals surface area contributed by atoms with E-state index in [-0.39, 0.29) is 0 Å². The van der Waals surface area contributed by atoms with Crippen LogP contribution < -0.4 is 5.32 Å². The normalized spacial score (nSPS) is 10.4. The number of rotatable bonds is 3. The smallest absolute Gasteiger partial charge is 0.184 e. The number of hydrogen-bond donors (Lipinski definition) is 1. The summed E-state index contributed by atoms with van der Waals surface area (Å²) in [7, 11) is 1.78. The van der Waals surface area contributed by atoms with E-state index in [0.717, 1.165) is 5.56 Å². The third kappa shape index (κ3) is 2.03. The number of aromatic nitrogens is 5. The SMILES string of the molecule is CNc1ncnc2c1nnn2Cc1ccc(C#N)cc1. The summed E-state index contributed by atoms with van der Waals surface area (Å²) in [5, 5.41) is 19.9. The van der Waals surface area contributed by atoms with Crippen LogP contribution >= 0.6 is 0 Å². The number of fused-ring (bicyclic) bond motifs is 1. The summed E-state index contributed by atoms with van der Waals surface area (Å²) in [5.74, 6) is 0.654. The van der Waals surface area contributed by atoms with Crippen molar-refractivity contribution in [2.45, 2.75) is 6.54 Å². The van der Waals surface area contributed by atoms with Crippen LogP contribution in [-0.4, -0.2) is 32.0 Å². The molecule has 3 rings (SSSR count). The van der Waals surface area contributed by atoms with E-state index in [1.54, 1.807) is 23.9 Å². The van der Waals surface area contributed by atoms with Crippen LogP contribution in [0.3, 0.4) is 0 Å². The third-order valence-electron chi connectivity index (χ3n) is 2.95. The molecule has 0 saturated carbocycles. The molecule has 0 aliphatic carbocycles. The van der Waals surface area contributed by atoms with Crippen molar-refractivity contribution in [1.82, 2.24) is 25.0 Å². The lowest BCUT2D eigenvalue weighted by molar-refractivity contribution is 0.664. The Morgan fingerprint density at radius 3 is 2.75 bits per heavy atom. The molecular weight excluding hydrogens is 254 g/mol. The highest BCUT2D eigenvalue weighted by atomic mass is 15.4. The number of anilines is 1. The van der Waals surface area contributed by atoms with Gasteiger partial charge in [-0.3, -0.25) is 0 Å². The highest BCUT2D eigenvalue weighted by Gasteiger charge is 2.10. The largest absolute Gasteiger partial charge is 0.371 e. The van der Waals surface area contributed by atoms with Gasteiger partial charge in [-0.05, 0) is 17.7 Å². The van der Waals surface area contributed by atoms with E-state index < -0.39 is 0 Å². The molecule has 0 bridgehead atoms. The number of benzene rings is 1. The second-order valence-electron chi connectivity index (χ2n) is 4.20. The van der Waals surface area contributed by atoms with Crippen molar-refractivity contribution in [2.75, 3.05) is 12.4 Å². The highest BCUT2D eigenvalue weighted by molar-refractivity contribution is 5.81. The predicted molar refractivity (Wildman–Crippen MR) is 72.9 cm³/mol. The zero-order chi connectivity index (χ0) is 13.9. The molecule has 20 heavy (non-hydrogen) atoms. The molecule has 0 aliphatic rings. The number of hydrogen-bond acceptors (Lipinski definition) is 6. The Morgan fingerprint density at radius 2 is 2.05 bits per heavy atom. The van der Waals surface area contributed by atoms with Crippen LogP contribution in [0.2, 0.25) is 0 Å². The molecule has 2 aromatic heterocycles. The molecule has 3 aromatic rings. The summed E-state index contributed by atoms with van der Waals surface area (Å²) >= 11 is 0. The standard InChI is InChI=1S/C13H11N7/c1-15-12-11-13(17-8-16-12)20(19-18-11)7-10-4-2-9(6-14)3-5-10/h2-5,8H,7H2,1H3,(H,15,16,17). The topological polar surface area (TPSA) is 92.3 Å². The number of nitrogens with one attached hydrogen (secondary N) is 1. The van der Waals surface area contributed by atoms with E-state index in [1.807, 2.05) is 12.1 Å². The van der Waals surface area contributed by atoms with E-state index in [4.69, 9.17) is 5.26 Å². The lowest BCUT2D eigenvalue weighted by atomic mass is 10.1. The molecule has 2 heterocycles. The van der Waals surface area contributed by atoms with Gasteiger partial charge in [0.25, 0.3) is 0 Å². The van der Waals surface area contributed by atoms with Crippen LogP contribution in [0, 0.1) is 11.3 Å². The molecule has 0 saturated heterocycles. The fourth-order valence-electron chi connectivity index (χ4n) is 1.94. The summed E-state index contributed by atoms with van der Waals surface area (Å²) in [6.07, 6.45) is 1.48. The van der Waals surface area contributed by atoms with Crippen LogP contribution in [-0.2, 0) is 6.54 Å². The van der Waals surface area contributed by atoms with E-state index in [9.17, 15) is 0 Å². The van der Waals surface area contributed by atoms with Gasteiger partial charge in [-0.1, -0.05) is 17.3 Å². The Morgan fingerprint density at radius 1 is 1.25 bits per heavy atom. The van der Waals surface area contributed by atoms with Crippen LogP contribution in [0.25, 0.3) is 11.2 Å². The van der Waals surface area contributed by atoms with Crippen molar-refractivity contribution in [2.24, 2.45) is 0 Å². The lowest BCUT2D eigenvalue weighted by Crippen LogP contribution is -2.03. The second-order valence-corrected chi connectivity index (χ2v) is 4.20. The Bertz CT molecular complexity index is 783.